The van der Waals surface area contributed by atoms with Crippen molar-refractivity contribution in [1.29, 1.82) is 0 Å². The summed E-state index contributed by atoms with van der Waals surface area (Å²) in [6.07, 6.45) is 1.90. The molecular formula is C11H14OS. The third kappa shape index (κ3) is 3.55. The van der Waals surface area contributed by atoms with Gasteiger partial charge < -0.3 is 4.74 Å². The lowest BCUT2D eigenvalue weighted by molar-refractivity contribution is 0.340. The predicted octanol–water partition coefficient (Wildman–Crippen LogP) is 3.36. The van der Waals surface area contributed by atoms with Crippen molar-refractivity contribution in [2.45, 2.75) is 11.8 Å². The van der Waals surface area contributed by atoms with E-state index in [1.54, 1.807) is 11.8 Å². The Morgan fingerprint density at radius 3 is 2.62 bits per heavy atom. The first-order valence-corrected chi connectivity index (χ1v) is 5.32. The summed E-state index contributed by atoms with van der Waals surface area (Å²) in [5.74, 6) is 1.89. The molecule has 1 nitrogen and oxygen atoms in total. The van der Waals surface area contributed by atoms with Gasteiger partial charge in [-0.15, -0.1) is 18.3 Å². The molecule has 0 aromatic heterocycles. The van der Waals surface area contributed by atoms with Crippen LogP contribution in [0.4, 0.5) is 0 Å². The molecular weight excluding hydrogens is 180 g/mol. The SMILES string of the molecule is C=CCSc1ccc(OCC)cc1. The van der Waals surface area contributed by atoms with Gasteiger partial charge in [0.1, 0.15) is 5.75 Å². The van der Waals surface area contributed by atoms with E-state index in [1.165, 1.54) is 4.90 Å². The van der Waals surface area contributed by atoms with Crippen LogP contribution >= 0.6 is 11.8 Å². The maximum atomic E-state index is 5.34. The Morgan fingerprint density at radius 2 is 2.08 bits per heavy atom. The first-order chi connectivity index (χ1) is 6.36. The highest BCUT2D eigenvalue weighted by atomic mass is 32.2. The fourth-order valence-electron chi connectivity index (χ4n) is 0.954. The van der Waals surface area contributed by atoms with Gasteiger partial charge in [-0.1, -0.05) is 6.08 Å². The average Bonchev–Trinajstić information content (AvgIpc) is 2.17. The van der Waals surface area contributed by atoms with Crippen molar-refractivity contribution in [3.8, 4) is 5.75 Å². The lowest BCUT2D eigenvalue weighted by Gasteiger charge is -2.03. The van der Waals surface area contributed by atoms with Crippen LogP contribution < -0.4 is 4.74 Å². The minimum atomic E-state index is 0.721. The van der Waals surface area contributed by atoms with Gasteiger partial charge in [0, 0.05) is 10.6 Å². The van der Waals surface area contributed by atoms with Crippen molar-refractivity contribution < 1.29 is 4.74 Å². The third-order valence-electron chi connectivity index (χ3n) is 1.50. The number of hydrogen-bond acceptors (Lipinski definition) is 2. The number of rotatable bonds is 5. The van der Waals surface area contributed by atoms with Crippen LogP contribution in [0.15, 0.2) is 41.8 Å². The van der Waals surface area contributed by atoms with Crippen LogP contribution in [0.1, 0.15) is 6.92 Å². The van der Waals surface area contributed by atoms with Crippen molar-refractivity contribution in [1.82, 2.24) is 0 Å². The van der Waals surface area contributed by atoms with Gasteiger partial charge in [-0.25, -0.2) is 0 Å². The molecule has 1 rings (SSSR count). The van der Waals surface area contributed by atoms with Gasteiger partial charge in [-0.3, -0.25) is 0 Å². The van der Waals surface area contributed by atoms with Crippen molar-refractivity contribution in [2.24, 2.45) is 0 Å². The van der Waals surface area contributed by atoms with Gasteiger partial charge in [-0.05, 0) is 31.2 Å². The van der Waals surface area contributed by atoms with E-state index >= 15 is 0 Å². The van der Waals surface area contributed by atoms with Crippen molar-refractivity contribution >= 4 is 11.8 Å². The zero-order valence-electron chi connectivity index (χ0n) is 7.82. The summed E-state index contributed by atoms with van der Waals surface area (Å²) in [6, 6.07) is 8.13. The van der Waals surface area contributed by atoms with E-state index in [0.29, 0.717) is 0 Å². The highest BCUT2D eigenvalue weighted by Gasteiger charge is 1.93. The normalized spacial score (nSPS) is 9.62. The van der Waals surface area contributed by atoms with Crippen molar-refractivity contribution in [3.63, 3.8) is 0 Å². The number of thioether (sulfide) groups is 1. The van der Waals surface area contributed by atoms with Gasteiger partial charge in [0.2, 0.25) is 0 Å². The molecule has 13 heavy (non-hydrogen) atoms. The lowest BCUT2D eigenvalue weighted by atomic mass is 10.3. The highest BCUT2D eigenvalue weighted by molar-refractivity contribution is 7.99. The molecule has 0 fully saturated rings. The minimum absolute atomic E-state index is 0.721. The number of benzene rings is 1. The Hall–Kier alpha value is -0.890. The van der Waals surface area contributed by atoms with E-state index in [0.717, 1.165) is 18.1 Å². The molecule has 2 heteroatoms. The Kier molecular flexibility index (Phi) is 4.47. The van der Waals surface area contributed by atoms with Crippen LogP contribution in [0.3, 0.4) is 0 Å². The molecule has 0 heterocycles. The monoisotopic (exact) mass is 194 g/mol. The molecule has 0 saturated heterocycles. The van der Waals surface area contributed by atoms with Gasteiger partial charge in [-0.2, -0.15) is 0 Å². The van der Waals surface area contributed by atoms with Crippen LogP contribution in [0.2, 0.25) is 0 Å². The van der Waals surface area contributed by atoms with E-state index in [-0.39, 0.29) is 0 Å². The van der Waals surface area contributed by atoms with Gasteiger partial charge >= 0.3 is 0 Å². The van der Waals surface area contributed by atoms with E-state index in [4.69, 9.17) is 4.74 Å². The average molecular weight is 194 g/mol. The first kappa shape index (κ1) is 10.2. The molecule has 0 amide bonds. The van der Waals surface area contributed by atoms with Crippen LogP contribution in [0, 0.1) is 0 Å². The molecule has 0 atom stereocenters. The van der Waals surface area contributed by atoms with Crippen LogP contribution in [-0.4, -0.2) is 12.4 Å². The van der Waals surface area contributed by atoms with Crippen LogP contribution in [0.5, 0.6) is 5.75 Å². The predicted molar refractivity (Wildman–Crippen MR) is 58.5 cm³/mol. The second-order valence-electron chi connectivity index (χ2n) is 2.50. The Bertz CT molecular complexity index is 253. The number of hydrogen-bond donors (Lipinski definition) is 0. The summed E-state index contributed by atoms with van der Waals surface area (Å²) >= 11 is 1.77. The summed E-state index contributed by atoms with van der Waals surface area (Å²) in [6.45, 7) is 6.39. The molecule has 1 aromatic carbocycles. The molecule has 0 radical (unpaired) electrons. The Balaban J connectivity index is 2.53. The van der Waals surface area contributed by atoms with Gasteiger partial charge in [0.05, 0.1) is 6.61 Å². The Labute approximate surface area is 83.8 Å². The van der Waals surface area contributed by atoms with E-state index in [2.05, 4.69) is 18.7 Å². The zero-order chi connectivity index (χ0) is 9.52. The summed E-state index contributed by atoms with van der Waals surface area (Å²) in [4.78, 5) is 1.25. The van der Waals surface area contributed by atoms with Crippen LogP contribution in [-0.2, 0) is 0 Å². The second-order valence-corrected chi connectivity index (χ2v) is 3.60. The molecule has 1 aromatic rings. The number of ether oxygens (including phenoxy) is 1. The quantitative estimate of drug-likeness (QED) is 0.525. The fraction of sp³-hybridized carbons (Fsp3) is 0.273. The largest absolute Gasteiger partial charge is 0.494 e. The van der Waals surface area contributed by atoms with Crippen LogP contribution in [0.25, 0.3) is 0 Å². The molecule has 0 saturated carbocycles. The molecule has 0 spiro atoms. The standard InChI is InChI=1S/C11H14OS/c1-3-9-13-11-7-5-10(6-8-11)12-4-2/h3,5-8H,1,4,9H2,2H3. The minimum Gasteiger partial charge on any atom is -0.494 e. The van der Waals surface area contributed by atoms with Gasteiger partial charge in [0.15, 0.2) is 0 Å². The fourth-order valence-corrected chi connectivity index (χ4v) is 1.59. The molecule has 0 unspecified atom stereocenters. The highest BCUT2D eigenvalue weighted by Crippen LogP contribution is 2.21. The van der Waals surface area contributed by atoms with E-state index < -0.39 is 0 Å². The van der Waals surface area contributed by atoms with Crippen molar-refractivity contribution in [2.75, 3.05) is 12.4 Å². The maximum Gasteiger partial charge on any atom is 0.119 e. The Morgan fingerprint density at radius 1 is 1.38 bits per heavy atom. The molecule has 0 aliphatic carbocycles. The van der Waals surface area contributed by atoms with Gasteiger partial charge in [0.25, 0.3) is 0 Å². The molecule has 0 aliphatic rings. The lowest BCUT2D eigenvalue weighted by Crippen LogP contribution is -1.90. The van der Waals surface area contributed by atoms with Crippen molar-refractivity contribution in [3.05, 3.63) is 36.9 Å². The topological polar surface area (TPSA) is 9.23 Å². The maximum absolute atomic E-state index is 5.34. The molecule has 0 N–H and O–H groups in total. The summed E-state index contributed by atoms with van der Waals surface area (Å²) < 4.78 is 5.34. The second kappa shape index (κ2) is 5.70. The summed E-state index contributed by atoms with van der Waals surface area (Å²) in [7, 11) is 0. The summed E-state index contributed by atoms with van der Waals surface area (Å²) in [5, 5.41) is 0. The smallest absolute Gasteiger partial charge is 0.119 e. The van der Waals surface area contributed by atoms with E-state index in [9.17, 15) is 0 Å². The third-order valence-corrected chi connectivity index (χ3v) is 2.51. The molecule has 0 bridgehead atoms. The molecule has 70 valence electrons. The first-order valence-electron chi connectivity index (χ1n) is 4.33. The van der Waals surface area contributed by atoms with E-state index in [1.807, 2.05) is 25.1 Å². The summed E-state index contributed by atoms with van der Waals surface area (Å²) in [5.41, 5.74) is 0. The zero-order valence-corrected chi connectivity index (χ0v) is 8.64. The molecule has 0 aliphatic heterocycles.